The first-order valence-corrected chi connectivity index (χ1v) is 9.67. The summed E-state index contributed by atoms with van der Waals surface area (Å²) in [5.74, 6) is -3.33. The second kappa shape index (κ2) is 39.2. The molecule has 0 aliphatic carbocycles. The van der Waals surface area contributed by atoms with Gasteiger partial charge in [0.05, 0.1) is 13.2 Å². The maximum atomic E-state index is 9.00. The lowest BCUT2D eigenvalue weighted by molar-refractivity contribution is -0.135. The molecule has 0 bridgehead atoms. The van der Waals surface area contributed by atoms with Crippen LogP contribution in [0, 0.1) is 0 Å². The third-order valence-corrected chi connectivity index (χ3v) is 2.01. The number of carboxylic acid groups (broad SMARTS) is 4. The molecular weight excluding hydrogens is 432 g/mol. The Hall–Kier alpha value is -2.36. The summed E-state index contributed by atoms with van der Waals surface area (Å²) in [4.78, 5) is 36.0. The van der Waals surface area contributed by atoms with E-state index in [1.54, 1.807) is 0 Å². The van der Waals surface area contributed by atoms with Crippen LogP contribution in [0.15, 0.2) is 0 Å². The largest absolute Gasteiger partial charge is 0.481 e. The summed E-state index contributed by atoms with van der Waals surface area (Å²) >= 11 is 0. The Balaban J connectivity index is -0.000000123. The van der Waals surface area contributed by atoms with Crippen molar-refractivity contribution in [3.8, 4) is 0 Å². The van der Waals surface area contributed by atoms with Gasteiger partial charge in [0, 0.05) is 80.1 Å². The SMILES string of the molecule is CC(=O)O.CC(=O)O.CC(=O)O.CC(=O)O.OCCNCCNCCNCCNCCO. The third kappa shape index (κ3) is 173. The van der Waals surface area contributed by atoms with Crippen molar-refractivity contribution in [2.45, 2.75) is 27.7 Å². The normalized spacial score (nSPS) is 8.56. The zero-order valence-corrected chi connectivity index (χ0v) is 19.4. The van der Waals surface area contributed by atoms with E-state index >= 15 is 0 Å². The fraction of sp³-hybridized carbons (Fsp3) is 0.778. The molecule has 32 heavy (non-hydrogen) atoms. The molecule has 0 saturated heterocycles. The Labute approximate surface area is 189 Å². The van der Waals surface area contributed by atoms with Gasteiger partial charge in [0.1, 0.15) is 0 Å². The van der Waals surface area contributed by atoms with Crippen molar-refractivity contribution in [1.29, 1.82) is 0 Å². The van der Waals surface area contributed by atoms with Gasteiger partial charge in [0.25, 0.3) is 23.9 Å². The van der Waals surface area contributed by atoms with Crippen LogP contribution >= 0.6 is 0 Å². The number of hydrogen-bond acceptors (Lipinski definition) is 10. The van der Waals surface area contributed by atoms with Crippen molar-refractivity contribution in [2.24, 2.45) is 0 Å². The lowest BCUT2D eigenvalue weighted by Gasteiger charge is -2.07. The molecule has 0 amide bonds. The standard InChI is InChI=1S/C10H26N4O2.4C2H4O2/c15-9-7-13-5-3-11-1-2-12-4-6-14-8-10-16;4*1-2(3)4/h11-16H,1-10H2;4*1H3,(H,3,4). The van der Waals surface area contributed by atoms with Crippen LogP contribution < -0.4 is 21.3 Å². The van der Waals surface area contributed by atoms with Crippen molar-refractivity contribution < 1.29 is 49.8 Å². The first kappa shape index (κ1) is 40.0. The minimum atomic E-state index is -0.833. The summed E-state index contributed by atoms with van der Waals surface area (Å²) in [6, 6.07) is 0. The molecule has 14 nitrogen and oxygen atoms in total. The zero-order valence-electron chi connectivity index (χ0n) is 19.4. The number of aliphatic hydroxyl groups is 2. The van der Waals surface area contributed by atoms with Gasteiger partial charge in [-0.05, 0) is 0 Å². The summed E-state index contributed by atoms with van der Waals surface area (Å²) in [6.07, 6.45) is 0. The Morgan fingerprint density at radius 3 is 0.688 bits per heavy atom. The van der Waals surface area contributed by atoms with Crippen LogP contribution in [-0.4, -0.2) is 120 Å². The van der Waals surface area contributed by atoms with E-state index in [0.717, 1.165) is 67.0 Å². The Kier molecular flexibility index (Phi) is 49.0. The molecule has 0 aromatic rings. The molecule has 0 unspecified atom stereocenters. The van der Waals surface area contributed by atoms with Crippen LogP contribution in [0.5, 0.6) is 0 Å². The number of nitrogens with one attached hydrogen (secondary N) is 4. The molecule has 0 aliphatic rings. The summed E-state index contributed by atoms with van der Waals surface area (Å²) in [5, 5.41) is 59.4. The molecule has 194 valence electrons. The van der Waals surface area contributed by atoms with Crippen molar-refractivity contribution in [3.05, 3.63) is 0 Å². The van der Waals surface area contributed by atoms with E-state index in [4.69, 9.17) is 49.8 Å². The fourth-order valence-electron chi connectivity index (χ4n) is 1.19. The molecule has 0 radical (unpaired) electrons. The van der Waals surface area contributed by atoms with Crippen LogP contribution in [0.1, 0.15) is 27.7 Å². The Morgan fingerprint density at radius 1 is 0.438 bits per heavy atom. The molecular formula is C18H42N4O10. The van der Waals surface area contributed by atoms with E-state index in [1.807, 2.05) is 0 Å². The predicted octanol–water partition coefficient (Wildman–Crippen LogP) is -2.31. The molecule has 0 spiro atoms. The van der Waals surface area contributed by atoms with Crippen LogP contribution in [0.2, 0.25) is 0 Å². The van der Waals surface area contributed by atoms with Gasteiger partial charge in [-0.2, -0.15) is 0 Å². The molecule has 0 heterocycles. The first-order valence-electron chi connectivity index (χ1n) is 9.67. The molecule has 0 saturated carbocycles. The van der Waals surface area contributed by atoms with E-state index in [0.29, 0.717) is 13.1 Å². The van der Waals surface area contributed by atoms with E-state index in [2.05, 4.69) is 21.3 Å². The number of hydrogen-bond donors (Lipinski definition) is 10. The highest BCUT2D eigenvalue weighted by Gasteiger charge is 1.89. The van der Waals surface area contributed by atoms with E-state index in [9.17, 15) is 0 Å². The molecule has 0 rings (SSSR count). The Bertz CT molecular complexity index is 349. The van der Waals surface area contributed by atoms with Gasteiger partial charge in [-0.1, -0.05) is 0 Å². The number of carbonyl (C=O) groups is 4. The van der Waals surface area contributed by atoms with Crippen molar-refractivity contribution >= 4 is 23.9 Å². The number of aliphatic hydroxyl groups excluding tert-OH is 2. The number of aliphatic carboxylic acids is 4. The quantitative estimate of drug-likeness (QED) is 0.126. The number of rotatable bonds is 13. The van der Waals surface area contributed by atoms with E-state index < -0.39 is 23.9 Å². The highest BCUT2D eigenvalue weighted by atomic mass is 16.4. The van der Waals surface area contributed by atoms with Gasteiger partial charge in [-0.3, -0.25) is 19.2 Å². The van der Waals surface area contributed by atoms with Gasteiger partial charge >= 0.3 is 0 Å². The summed E-state index contributed by atoms with van der Waals surface area (Å²) < 4.78 is 0. The number of carboxylic acids is 4. The predicted molar refractivity (Wildman–Crippen MR) is 119 cm³/mol. The maximum absolute atomic E-state index is 9.00. The van der Waals surface area contributed by atoms with Crippen LogP contribution in [0.3, 0.4) is 0 Å². The lowest BCUT2D eigenvalue weighted by atomic mass is 10.5. The van der Waals surface area contributed by atoms with Gasteiger partial charge < -0.3 is 51.9 Å². The highest BCUT2D eigenvalue weighted by molar-refractivity contribution is 5.63. The summed E-state index contributed by atoms with van der Waals surface area (Å²) in [7, 11) is 0. The average Bonchev–Trinajstić information content (AvgIpc) is 2.61. The zero-order chi connectivity index (χ0) is 26.2. The smallest absolute Gasteiger partial charge is 0.300 e. The molecule has 0 aromatic carbocycles. The highest BCUT2D eigenvalue weighted by Crippen LogP contribution is 1.63. The lowest BCUT2D eigenvalue weighted by Crippen LogP contribution is -2.35. The summed E-state index contributed by atoms with van der Waals surface area (Å²) in [6.45, 7) is 11.6. The third-order valence-electron chi connectivity index (χ3n) is 2.01. The van der Waals surface area contributed by atoms with Crippen LogP contribution in [0.4, 0.5) is 0 Å². The monoisotopic (exact) mass is 474 g/mol. The average molecular weight is 475 g/mol. The van der Waals surface area contributed by atoms with E-state index in [1.165, 1.54) is 0 Å². The minimum absolute atomic E-state index is 0.197. The van der Waals surface area contributed by atoms with Gasteiger partial charge in [-0.15, -0.1) is 0 Å². The first-order chi connectivity index (χ1) is 14.8. The molecule has 10 N–H and O–H groups in total. The van der Waals surface area contributed by atoms with Gasteiger partial charge in [0.15, 0.2) is 0 Å². The van der Waals surface area contributed by atoms with Crippen LogP contribution in [-0.2, 0) is 19.2 Å². The molecule has 0 fully saturated rings. The second-order valence-electron chi connectivity index (χ2n) is 5.52. The minimum Gasteiger partial charge on any atom is -0.481 e. The van der Waals surface area contributed by atoms with Crippen molar-refractivity contribution in [3.63, 3.8) is 0 Å². The maximum Gasteiger partial charge on any atom is 0.300 e. The molecule has 0 atom stereocenters. The second-order valence-corrected chi connectivity index (χ2v) is 5.52. The van der Waals surface area contributed by atoms with Gasteiger partial charge in [0.2, 0.25) is 0 Å². The molecule has 0 aromatic heterocycles. The Morgan fingerprint density at radius 2 is 0.562 bits per heavy atom. The topological polar surface area (TPSA) is 238 Å². The van der Waals surface area contributed by atoms with Crippen molar-refractivity contribution in [1.82, 2.24) is 21.3 Å². The molecule has 0 aliphatic heterocycles. The van der Waals surface area contributed by atoms with E-state index in [-0.39, 0.29) is 13.2 Å². The van der Waals surface area contributed by atoms with Crippen molar-refractivity contribution in [2.75, 3.05) is 65.6 Å². The summed E-state index contributed by atoms with van der Waals surface area (Å²) in [5.41, 5.74) is 0. The molecule has 14 heteroatoms. The van der Waals surface area contributed by atoms with Gasteiger partial charge in [-0.25, -0.2) is 0 Å². The van der Waals surface area contributed by atoms with Crippen LogP contribution in [0.25, 0.3) is 0 Å². The fourth-order valence-corrected chi connectivity index (χ4v) is 1.19.